The third kappa shape index (κ3) is 8.00. The number of nitrogens with zero attached hydrogens (tertiary/aromatic N) is 1. The lowest BCUT2D eigenvalue weighted by molar-refractivity contribution is -0.288. The first kappa shape index (κ1) is 43.4. The summed E-state index contributed by atoms with van der Waals surface area (Å²) in [6.45, 7) is 16.9. The second-order valence-corrected chi connectivity index (χ2v) is 12.1. The number of imide groups is 1. The molecule has 282 valence electrons. The molecule has 0 radical (unpaired) electrons. The van der Waals surface area contributed by atoms with Crippen molar-refractivity contribution >= 4 is 23.9 Å². The summed E-state index contributed by atoms with van der Waals surface area (Å²) >= 11 is 0. The Kier molecular flexibility index (Phi) is 13.2. The van der Waals surface area contributed by atoms with Crippen LogP contribution in [0.2, 0.25) is 0 Å². The zero-order valence-electron chi connectivity index (χ0n) is 29.6. The number of halogens is 9. The highest BCUT2D eigenvalue weighted by Gasteiger charge is 2.72. The number of carbonyl (C=O) groups excluding carboxylic acids is 4. The van der Waals surface area contributed by atoms with Crippen LogP contribution in [0.25, 0.3) is 0 Å². The van der Waals surface area contributed by atoms with E-state index < -0.39 is 75.4 Å². The van der Waals surface area contributed by atoms with E-state index in [1.165, 1.54) is 26.0 Å². The normalized spacial score (nSPS) is 13.8. The van der Waals surface area contributed by atoms with Crippen molar-refractivity contribution in [1.29, 1.82) is 0 Å². The van der Waals surface area contributed by atoms with E-state index in [1.807, 2.05) is 27.7 Å². The molecule has 4 rings (SSSR count). The van der Waals surface area contributed by atoms with Gasteiger partial charge in [0.15, 0.2) is 12.1 Å². The van der Waals surface area contributed by atoms with E-state index in [1.54, 1.807) is 13.0 Å². The highest BCUT2D eigenvalue weighted by atomic mass is 19.4. The fourth-order valence-electron chi connectivity index (χ4n) is 5.81. The van der Waals surface area contributed by atoms with Gasteiger partial charge in [0.2, 0.25) is 5.41 Å². The van der Waals surface area contributed by atoms with Gasteiger partial charge in [0, 0.05) is 17.2 Å². The summed E-state index contributed by atoms with van der Waals surface area (Å²) in [4.78, 5) is 48.9. The second-order valence-electron chi connectivity index (χ2n) is 12.1. The Morgan fingerprint density at radius 2 is 1.25 bits per heavy atom. The molecule has 1 unspecified atom stereocenters. The maximum Gasteiger partial charge on any atom is 0.416 e. The predicted octanol–water partition coefficient (Wildman–Crippen LogP) is 10.8. The fraction of sp³-hybridized carbons (Fsp3) is 0.368. The van der Waals surface area contributed by atoms with Gasteiger partial charge in [-0.15, -0.1) is 6.58 Å². The molecule has 0 N–H and O–H groups in total. The van der Waals surface area contributed by atoms with Crippen molar-refractivity contribution in [2.45, 2.75) is 91.3 Å². The maximum absolute atomic E-state index is 14.4. The number of alkyl halides is 9. The molecule has 0 aromatic heterocycles. The van der Waals surface area contributed by atoms with Crippen LogP contribution < -0.4 is 0 Å². The van der Waals surface area contributed by atoms with Crippen molar-refractivity contribution in [3.8, 4) is 0 Å². The van der Waals surface area contributed by atoms with Gasteiger partial charge in [-0.1, -0.05) is 45.0 Å². The van der Waals surface area contributed by atoms with Crippen LogP contribution in [0.15, 0.2) is 61.2 Å². The topological polar surface area (TPSA) is 71.5 Å². The zero-order valence-corrected chi connectivity index (χ0v) is 29.6. The number of rotatable bonds is 7. The number of allylic oxidation sites excluding steroid dienone is 1. The lowest BCUT2D eigenvalue weighted by Gasteiger charge is -2.38. The smallest absolute Gasteiger partial charge is 0.298 e. The van der Waals surface area contributed by atoms with Gasteiger partial charge in [0.05, 0.1) is 16.7 Å². The molecule has 14 heteroatoms. The first-order valence-corrected chi connectivity index (χ1v) is 15.9. The Balaban J connectivity index is 0.000000435. The van der Waals surface area contributed by atoms with Gasteiger partial charge < -0.3 is 0 Å². The second kappa shape index (κ2) is 15.9. The number of fused-ring (bicyclic) bond motifs is 1. The van der Waals surface area contributed by atoms with E-state index in [0.717, 1.165) is 29.5 Å². The van der Waals surface area contributed by atoms with E-state index in [2.05, 4.69) is 6.58 Å². The number of hydrogen-bond donors (Lipinski definition) is 0. The van der Waals surface area contributed by atoms with E-state index >= 15 is 0 Å². The molecule has 0 bridgehead atoms. The standard InChI is InChI=1S/C23H17F6NO4.C13H15F3.C2H6/c1-11(2)30-19(33)17-7-5-15(9-18(17)20(30)34)21(22(24,25)26,23(27,28)29)14-4-6-16(12(3)32)13(8-14)10-31;1-5-8(2)12-7-11(13(14,15)16)6-9(3)10(12)4;1-2/h4-11H,1-3H3;5-8H,1H2,2-4H3;1-2H3. The van der Waals surface area contributed by atoms with Crippen LogP contribution >= 0.6 is 0 Å². The molecule has 1 aliphatic heterocycles. The molecule has 0 aliphatic carbocycles. The summed E-state index contributed by atoms with van der Waals surface area (Å²) in [6.07, 6.45) is -14.6. The minimum absolute atomic E-state index is 0.0108. The quantitative estimate of drug-likeness (QED) is 0.0794. The van der Waals surface area contributed by atoms with Crippen molar-refractivity contribution in [3.63, 3.8) is 0 Å². The van der Waals surface area contributed by atoms with Crippen LogP contribution in [0.5, 0.6) is 0 Å². The van der Waals surface area contributed by atoms with Crippen LogP contribution in [0.3, 0.4) is 0 Å². The van der Waals surface area contributed by atoms with Gasteiger partial charge in [0.1, 0.15) is 0 Å². The molecule has 0 spiro atoms. The van der Waals surface area contributed by atoms with E-state index in [0.29, 0.717) is 35.4 Å². The minimum Gasteiger partial charge on any atom is -0.298 e. The van der Waals surface area contributed by atoms with Gasteiger partial charge >= 0.3 is 18.5 Å². The Morgan fingerprint density at radius 1 is 0.750 bits per heavy atom. The number of amides is 2. The first-order valence-electron chi connectivity index (χ1n) is 15.9. The lowest BCUT2D eigenvalue weighted by Crippen LogP contribution is -2.55. The molecule has 1 heterocycles. The minimum atomic E-state index is -5.99. The van der Waals surface area contributed by atoms with E-state index in [-0.39, 0.29) is 23.3 Å². The van der Waals surface area contributed by atoms with Crippen LogP contribution in [-0.4, -0.2) is 47.2 Å². The Bertz CT molecular complexity index is 1840. The number of carbonyl (C=O) groups is 4. The highest BCUT2D eigenvalue weighted by molar-refractivity contribution is 6.21. The Labute approximate surface area is 295 Å². The molecular weight excluding hydrogens is 705 g/mol. The van der Waals surface area contributed by atoms with Crippen molar-refractivity contribution in [2.75, 3.05) is 0 Å². The number of Topliss-reactive ketones (excluding diaryl/α,β-unsaturated/α-hetero) is 1. The molecule has 0 saturated carbocycles. The summed E-state index contributed by atoms with van der Waals surface area (Å²) < 4.78 is 124. The maximum atomic E-state index is 14.4. The van der Waals surface area contributed by atoms with Gasteiger partial charge in [-0.2, -0.15) is 39.5 Å². The number of benzene rings is 3. The van der Waals surface area contributed by atoms with Crippen molar-refractivity contribution in [1.82, 2.24) is 4.90 Å². The Hall–Kier alpha value is -4.75. The third-order valence-corrected chi connectivity index (χ3v) is 8.59. The molecule has 2 amide bonds. The van der Waals surface area contributed by atoms with E-state index in [4.69, 9.17) is 0 Å². The van der Waals surface area contributed by atoms with Crippen LogP contribution in [0, 0.1) is 13.8 Å². The third-order valence-electron chi connectivity index (χ3n) is 8.59. The molecule has 0 saturated heterocycles. The van der Waals surface area contributed by atoms with E-state index in [9.17, 15) is 58.7 Å². The average Bonchev–Trinajstić information content (AvgIpc) is 3.30. The molecule has 0 fully saturated rings. The van der Waals surface area contributed by atoms with Gasteiger partial charge in [0.25, 0.3) is 11.8 Å². The molecule has 1 atom stereocenters. The molecule has 3 aromatic rings. The lowest BCUT2D eigenvalue weighted by atomic mass is 9.71. The SMILES string of the molecule is C=CC(C)c1cc(C(F)(F)F)cc(C)c1C.CC.CC(=O)c1ccc(C(c2ccc3c(c2)C(=O)N(C(C)C)C3=O)(C(F)(F)F)C(F)(F)F)cc1C=O. The number of hydrogen-bond acceptors (Lipinski definition) is 4. The molecule has 52 heavy (non-hydrogen) atoms. The largest absolute Gasteiger partial charge is 0.416 e. The fourth-order valence-corrected chi connectivity index (χ4v) is 5.81. The zero-order chi connectivity index (χ0) is 40.3. The van der Waals surface area contributed by atoms with Crippen LogP contribution in [0.4, 0.5) is 39.5 Å². The van der Waals surface area contributed by atoms with Crippen LogP contribution in [0.1, 0.15) is 122 Å². The molecule has 1 aliphatic rings. The summed E-state index contributed by atoms with van der Waals surface area (Å²) in [5, 5.41) is 0. The molecular formula is C38H38F9NO4. The summed E-state index contributed by atoms with van der Waals surface area (Å²) in [5.41, 5.74) is -7.61. The van der Waals surface area contributed by atoms with Gasteiger partial charge in [-0.05, 0) is 98.7 Å². The number of aryl methyl sites for hydroxylation is 1. The van der Waals surface area contributed by atoms with Crippen molar-refractivity contribution in [2.24, 2.45) is 0 Å². The molecule has 5 nitrogen and oxygen atoms in total. The predicted molar refractivity (Wildman–Crippen MR) is 178 cm³/mol. The number of ketones is 1. The summed E-state index contributed by atoms with van der Waals surface area (Å²) in [5.74, 6) is -2.65. The first-order chi connectivity index (χ1) is 23.9. The van der Waals surface area contributed by atoms with Crippen molar-refractivity contribution in [3.05, 3.63) is 117 Å². The number of aldehydes is 1. The van der Waals surface area contributed by atoms with Crippen LogP contribution in [-0.2, 0) is 11.6 Å². The highest BCUT2D eigenvalue weighted by Crippen LogP contribution is 2.56. The van der Waals surface area contributed by atoms with Gasteiger partial charge in [-0.3, -0.25) is 24.1 Å². The average molecular weight is 744 g/mol. The summed E-state index contributed by atoms with van der Waals surface area (Å²) in [6, 6.07) is 4.95. The summed E-state index contributed by atoms with van der Waals surface area (Å²) in [7, 11) is 0. The molecule has 3 aromatic carbocycles. The van der Waals surface area contributed by atoms with Crippen molar-refractivity contribution < 1.29 is 58.7 Å². The Morgan fingerprint density at radius 3 is 1.69 bits per heavy atom. The van der Waals surface area contributed by atoms with Gasteiger partial charge in [-0.25, -0.2) is 0 Å². The monoisotopic (exact) mass is 743 g/mol.